The van der Waals surface area contributed by atoms with Gasteiger partial charge in [0.25, 0.3) is 0 Å². The first kappa shape index (κ1) is 74.0. The minimum Gasteiger partial charge on any atom is -0.309 e. The van der Waals surface area contributed by atoms with Gasteiger partial charge in [-0.15, -0.1) is 0 Å². The summed E-state index contributed by atoms with van der Waals surface area (Å²) in [5.74, 6) is 3.42. The molecular formula is C102H76F6N10. The van der Waals surface area contributed by atoms with E-state index < -0.39 is 23.5 Å². The van der Waals surface area contributed by atoms with Crippen LogP contribution in [-0.2, 0) is 12.4 Å². The third-order valence-electron chi connectivity index (χ3n) is 22.7. The lowest BCUT2D eigenvalue weighted by atomic mass is 9.93. The largest absolute Gasteiger partial charge is 0.417 e. The average molecular weight is 1560 g/mol. The molecule has 0 saturated heterocycles. The number of hydrogen-bond acceptors (Lipinski definition) is 6. The molecule has 0 atom stereocenters. The molecule has 0 fully saturated rings. The standard InChI is InChI=1S/2C51H38F3N5/c1-29-14-20-45-39(24-29)38-11-7-9-13-44(38)58(45)48-23-18-34(27-42(48)50-56-32(4)55-33(5)57-50)37-19-17-35(36-10-6-8-12-43(36)51(52,53)54)28-49(37)59-46-21-15-30(2)25-40(46)41-26-31(3)16-22-47(41)59;1-29-14-19-46-39(24-29)37-11-7-9-13-44(37)58(46)49-23-18-35(28-42(49)50-56-32(4)55-33(5)57-50)38-27-34(36-10-6-8-12-43(36)51(52,53)54)17-22-45(38)59-47-20-15-30(2)25-40(47)41-26-31(3)16-21-48(41)59/h2*6-28H,1-5H3. The lowest BCUT2D eigenvalue weighted by molar-refractivity contribution is -0.137. The Labute approximate surface area is 676 Å². The molecule has 0 aliphatic rings. The number of rotatable bonds is 10. The van der Waals surface area contributed by atoms with Crippen LogP contribution >= 0.6 is 0 Å². The minimum absolute atomic E-state index is 0.113. The zero-order valence-corrected chi connectivity index (χ0v) is 66.3. The van der Waals surface area contributed by atoms with E-state index in [1.807, 2.05) is 58.0 Å². The Balaban J connectivity index is 0.000000157. The number of alkyl halides is 6. The Morgan fingerprint density at radius 1 is 0.203 bits per heavy atom. The molecule has 576 valence electrons. The quantitative estimate of drug-likeness (QED) is 0.127. The molecule has 0 saturated carbocycles. The van der Waals surface area contributed by atoms with Crippen molar-refractivity contribution in [2.75, 3.05) is 0 Å². The number of halogens is 6. The highest BCUT2D eigenvalue weighted by molar-refractivity contribution is 6.14. The molecule has 6 heterocycles. The molecule has 6 aromatic heterocycles. The summed E-state index contributed by atoms with van der Waals surface area (Å²) in [6, 6.07) is 90.8. The molecule has 20 aromatic rings. The number of para-hydroxylation sites is 2. The first-order valence-corrected chi connectivity index (χ1v) is 39.2. The van der Waals surface area contributed by atoms with Crippen molar-refractivity contribution < 1.29 is 26.3 Å². The van der Waals surface area contributed by atoms with Crippen molar-refractivity contribution in [1.82, 2.24) is 48.2 Å². The topological polar surface area (TPSA) is 97.1 Å². The summed E-state index contributed by atoms with van der Waals surface area (Å²) in [5.41, 5.74) is 22.9. The smallest absolute Gasteiger partial charge is 0.309 e. The van der Waals surface area contributed by atoms with Crippen LogP contribution in [0.4, 0.5) is 26.3 Å². The van der Waals surface area contributed by atoms with Crippen molar-refractivity contribution in [2.24, 2.45) is 0 Å². The van der Waals surface area contributed by atoms with E-state index in [9.17, 15) is 26.3 Å². The molecule has 0 amide bonds. The van der Waals surface area contributed by atoms with Crippen molar-refractivity contribution in [3.8, 4) is 90.0 Å². The number of aromatic nitrogens is 10. The van der Waals surface area contributed by atoms with Gasteiger partial charge < -0.3 is 18.3 Å². The maximum Gasteiger partial charge on any atom is 0.417 e. The number of nitrogens with zero attached hydrogens (tertiary/aromatic N) is 10. The van der Waals surface area contributed by atoms with Gasteiger partial charge >= 0.3 is 12.4 Å². The Morgan fingerprint density at radius 3 is 0.822 bits per heavy atom. The van der Waals surface area contributed by atoms with Crippen molar-refractivity contribution in [2.45, 2.75) is 81.6 Å². The van der Waals surface area contributed by atoms with Crippen LogP contribution in [-0.4, -0.2) is 48.2 Å². The van der Waals surface area contributed by atoms with Gasteiger partial charge in [0.2, 0.25) is 0 Å². The average Bonchev–Trinajstić information content (AvgIpc) is 1.57. The van der Waals surface area contributed by atoms with Crippen LogP contribution in [0.2, 0.25) is 0 Å². The number of benzene rings is 14. The fourth-order valence-electron chi connectivity index (χ4n) is 17.6. The molecule has 14 aromatic carbocycles. The minimum atomic E-state index is -4.54. The highest BCUT2D eigenvalue weighted by Gasteiger charge is 2.36. The van der Waals surface area contributed by atoms with Crippen molar-refractivity contribution in [3.63, 3.8) is 0 Å². The van der Waals surface area contributed by atoms with E-state index in [1.165, 1.54) is 17.7 Å². The summed E-state index contributed by atoms with van der Waals surface area (Å²) in [5, 5.41) is 8.90. The molecule has 0 N–H and O–H groups in total. The summed E-state index contributed by atoms with van der Waals surface area (Å²) >= 11 is 0. The highest BCUT2D eigenvalue weighted by Crippen LogP contribution is 2.48. The Hall–Kier alpha value is -14.1. The van der Waals surface area contributed by atoms with E-state index in [4.69, 9.17) is 19.9 Å². The highest BCUT2D eigenvalue weighted by atomic mass is 19.4. The predicted octanol–water partition coefficient (Wildman–Crippen LogP) is 27.3. The van der Waals surface area contributed by atoms with Gasteiger partial charge in [0.15, 0.2) is 11.6 Å². The molecule has 20 rings (SSSR count). The fourth-order valence-corrected chi connectivity index (χ4v) is 17.6. The summed E-state index contributed by atoms with van der Waals surface area (Å²) in [6.07, 6.45) is -9.07. The van der Waals surface area contributed by atoms with E-state index in [0.29, 0.717) is 46.1 Å². The maximum atomic E-state index is 14.6. The predicted molar refractivity (Wildman–Crippen MR) is 467 cm³/mol. The second kappa shape index (κ2) is 28.4. The van der Waals surface area contributed by atoms with E-state index >= 15 is 0 Å². The Bertz CT molecular complexity index is 7400. The number of hydrogen-bond donors (Lipinski definition) is 0. The van der Waals surface area contributed by atoms with E-state index in [1.54, 1.807) is 36.4 Å². The van der Waals surface area contributed by atoms with Gasteiger partial charge in [-0.1, -0.05) is 173 Å². The second-order valence-electron chi connectivity index (χ2n) is 31.0. The normalized spacial score (nSPS) is 12.1. The van der Waals surface area contributed by atoms with Gasteiger partial charge in [-0.3, -0.25) is 0 Å². The van der Waals surface area contributed by atoms with Crippen LogP contribution in [0.1, 0.15) is 67.8 Å². The van der Waals surface area contributed by atoms with E-state index in [2.05, 4.69) is 258 Å². The lowest BCUT2D eigenvalue weighted by Gasteiger charge is -2.20. The fraction of sp³-hybridized carbons (Fsp3) is 0.118. The zero-order valence-electron chi connectivity index (χ0n) is 66.3. The third-order valence-corrected chi connectivity index (χ3v) is 22.7. The van der Waals surface area contributed by atoms with Gasteiger partial charge in [0.1, 0.15) is 23.3 Å². The molecule has 0 radical (unpaired) electrons. The molecular weight excluding hydrogens is 1480 g/mol. The van der Waals surface area contributed by atoms with Crippen molar-refractivity contribution >= 4 is 87.2 Å². The SMILES string of the molecule is Cc1ccc2c(c1)c1cc(C)ccc1n2-c1cc(-c2ccccc2C(F)(F)F)ccc1-c1ccc(-n2c3ccccc3c3cc(C)ccc32)c(-c2nc(C)nc(C)n2)c1.Cc1ccc2c(c1)c1cc(C)ccc1n2-c1ccc(-c2ccccc2C(F)(F)F)cc1-c1ccc(-n2c3ccccc3c3cc(C)ccc32)c(-c2nc(C)nc(C)n2)c1. The molecule has 118 heavy (non-hydrogen) atoms. The van der Waals surface area contributed by atoms with Gasteiger partial charge in [0, 0.05) is 65.3 Å². The van der Waals surface area contributed by atoms with Crippen molar-refractivity contribution in [1.29, 1.82) is 0 Å². The summed E-state index contributed by atoms with van der Waals surface area (Å²) in [6.45, 7) is 20.0. The Morgan fingerprint density at radius 2 is 0.466 bits per heavy atom. The molecule has 10 nitrogen and oxygen atoms in total. The molecule has 0 aliphatic carbocycles. The lowest BCUT2D eigenvalue weighted by Crippen LogP contribution is -2.07. The van der Waals surface area contributed by atoms with Crippen LogP contribution in [0, 0.1) is 69.2 Å². The summed E-state index contributed by atoms with van der Waals surface area (Å²) in [7, 11) is 0. The summed E-state index contributed by atoms with van der Waals surface area (Å²) < 4.78 is 96.3. The van der Waals surface area contributed by atoms with Crippen LogP contribution in [0.15, 0.2) is 279 Å². The van der Waals surface area contributed by atoms with Gasteiger partial charge in [-0.25, -0.2) is 29.9 Å². The van der Waals surface area contributed by atoms with Crippen LogP contribution in [0.3, 0.4) is 0 Å². The Kier molecular flexibility index (Phi) is 17.8. The van der Waals surface area contributed by atoms with Gasteiger partial charge in [0.05, 0.1) is 78.0 Å². The molecule has 16 heteroatoms. The molecule has 0 aliphatic heterocycles. The molecule has 0 spiro atoms. The van der Waals surface area contributed by atoms with Crippen LogP contribution < -0.4 is 0 Å². The first-order chi connectivity index (χ1) is 56.8. The van der Waals surface area contributed by atoms with Gasteiger partial charge in [-0.2, -0.15) is 26.3 Å². The number of fused-ring (bicyclic) bond motifs is 12. The van der Waals surface area contributed by atoms with Crippen LogP contribution in [0.5, 0.6) is 0 Å². The monoisotopic (exact) mass is 1550 g/mol. The molecule has 0 bridgehead atoms. The zero-order chi connectivity index (χ0) is 81.5. The third kappa shape index (κ3) is 12.9. The van der Waals surface area contributed by atoms with Gasteiger partial charge in [-0.05, 0) is 242 Å². The first-order valence-electron chi connectivity index (χ1n) is 39.2. The number of aryl methyl sites for hydroxylation is 10. The van der Waals surface area contributed by atoms with Crippen molar-refractivity contribution in [3.05, 3.63) is 347 Å². The second-order valence-corrected chi connectivity index (χ2v) is 31.0. The van der Waals surface area contributed by atoms with E-state index in [-0.39, 0.29) is 11.1 Å². The summed E-state index contributed by atoms with van der Waals surface area (Å²) in [4.78, 5) is 28.6. The molecule has 0 unspecified atom stereocenters. The van der Waals surface area contributed by atoms with Crippen LogP contribution in [0.25, 0.3) is 177 Å². The van der Waals surface area contributed by atoms with E-state index in [0.717, 1.165) is 183 Å². The maximum absolute atomic E-state index is 14.6.